The molecule has 0 spiro atoms. The van der Waals surface area contributed by atoms with Gasteiger partial charge in [-0.2, -0.15) is 0 Å². The van der Waals surface area contributed by atoms with Crippen LogP contribution in [0, 0.1) is 0 Å². The van der Waals surface area contributed by atoms with Gasteiger partial charge >= 0.3 is 17.9 Å². The summed E-state index contributed by atoms with van der Waals surface area (Å²) in [5.41, 5.74) is 16.6. The van der Waals surface area contributed by atoms with Crippen molar-refractivity contribution in [3.8, 4) is 0 Å². The first-order valence-electron chi connectivity index (χ1n) is 20.0. The third kappa shape index (κ3) is 18.3. The Morgan fingerprint density at radius 3 is 1.86 bits per heavy atom. The van der Waals surface area contributed by atoms with Crippen LogP contribution in [-0.4, -0.2) is 160 Å². The third-order valence-corrected chi connectivity index (χ3v) is 9.46. The van der Waals surface area contributed by atoms with E-state index in [0.29, 0.717) is 12.0 Å². The molecule has 16 N–H and O–H groups in total. The molecular formula is C38H56N12O14. The number of nitrogens with one attached hydrogen (secondary N) is 7. The lowest BCUT2D eigenvalue weighted by atomic mass is 10.0. The predicted octanol–water partition coefficient (Wildman–Crippen LogP) is -5.67. The number of carbonyl (C=O) groups is 11. The zero-order chi connectivity index (χ0) is 48.1. The number of likely N-dealkylation sites (tertiary alicyclic amines) is 1. The minimum Gasteiger partial charge on any atom is -0.481 e. The van der Waals surface area contributed by atoms with E-state index in [1.165, 1.54) is 13.8 Å². The number of rotatable bonds is 26. The molecule has 1 aromatic carbocycles. The molecule has 8 amide bonds. The quantitative estimate of drug-likeness (QED) is 0.0234. The molecule has 26 heteroatoms. The van der Waals surface area contributed by atoms with Crippen molar-refractivity contribution < 1.29 is 68.1 Å². The van der Waals surface area contributed by atoms with Crippen LogP contribution < -0.4 is 54.4 Å². The van der Waals surface area contributed by atoms with Crippen LogP contribution >= 0.6 is 0 Å². The number of aliphatic imine (C=N–C) groups is 1. The highest BCUT2D eigenvalue weighted by Crippen LogP contribution is 2.19. The lowest BCUT2D eigenvalue weighted by molar-refractivity contribution is -0.145. The van der Waals surface area contributed by atoms with Crippen LogP contribution in [0.4, 0.5) is 0 Å². The number of nitrogens with zero attached hydrogens (tertiary/aromatic N) is 2. The van der Waals surface area contributed by atoms with Gasteiger partial charge in [-0.25, -0.2) is 4.79 Å². The molecule has 1 aliphatic rings. The van der Waals surface area contributed by atoms with Gasteiger partial charge < -0.3 is 74.6 Å². The molecule has 352 valence electrons. The second-order valence-corrected chi connectivity index (χ2v) is 14.6. The van der Waals surface area contributed by atoms with Crippen LogP contribution in [0.25, 0.3) is 0 Å². The lowest BCUT2D eigenvalue weighted by Gasteiger charge is -2.29. The molecule has 0 aromatic heterocycles. The number of aliphatic carboxylic acids is 3. The molecule has 26 nitrogen and oxygen atoms in total. The first-order chi connectivity index (χ1) is 30.1. The fourth-order valence-corrected chi connectivity index (χ4v) is 6.25. The van der Waals surface area contributed by atoms with E-state index in [0.717, 1.165) is 4.90 Å². The van der Waals surface area contributed by atoms with Gasteiger partial charge in [0.25, 0.3) is 0 Å². The predicted molar refractivity (Wildman–Crippen MR) is 222 cm³/mol. The second-order valence-electron chi connectivity index (χ2n) is 14.6. The van der Waals surface area contributed by atoms with Crippen molar-refractivity contribution in [2.24, 2.45) is 22.2 Å². The third-order valence-electron chi connectivity index (χ3n) is 9.46. The van der Waals surface area contributed by atoms with Gasteiger partial charge in [-0.3, -0.25) is 52.9 Å². The summed E-state index contributed by atoms with van der Waals surface area (Å²) in [5.74, 6) is -12.2. The number of amides is 8. The topological polar surface area (TPSA) is 426 Å². The zero-order valence-electron chi connectivity index (χ0n) is 35.2. The highest BCUT2D eigenvalue weighted by atomic mass is 16.4. The fraction of sp³-hybridized carbons (Fsp3) is 0.526. The Labute approximate surface area is 366 Å². The van der Waals surface area contributed by atoms with Gasteiger partial charge in [0.15, 0.2) is 5.96 Å². The molecule has 0 saturated carbocycles. The summed E-state index contributed by atoms with van der Waals surface area (Å²) in [6, 6.07) is -1.50. The smallest absolute Gasteiger partial charge is 0.326 e. The van der Waals surface area contributed by atoms with Crippen LogP contribution in [0.5, 0.6) is 0 Å². The van der Waals surface area contributed by atoms with Gasteiger partial charge in [0.2, 0.25) is 47.3 Å². The largest absolute Gasteiger partial charge is 0.481 e. The Bertz CT molecular complexity index is 1910. The van der Waals surface area contributed by atoms with E-state index in [1.54, 1.807) is 30.3 Å². The molecule has 1 saturated heterocycles. The summed E-state index contributed by atoms with van der Waals surface area (Å²) >= 11 is 0. The van der Waals surface area contributed by atoms with E-state index in [4.69, 9.17) is 17.2 Å². The number of carbonyl (C=O) groups excluding carboxylic acids is 8. The maximum absolute atomic E-state index is 13.4. The maximum atomic E-state index is 13.4. The van der Waals surface area contributed by atoms with Crippen molar-refractivity contribution in [2.75, 3.05) is 26.2 Å². The van der Waals surface area contributed by atoms with Gasteiger partial charge in [-0.1, -0.05) is 30.3 Å². The maximum Gasteiger partial charge on any atom is 0.326 e. The van der Waals surface area contributed by atoms with E-state index in [1.807, 2.05) is 0 Å². The highest BCUT2D eigenvalue weighted by molar-refractivity contribution is 5.99. The molecule has 1 aliphatic heterocycles. The average molecular weight is 905 g/mol. The summed E-state index contributed by atoms with van der Waals surface area (Å²) in [7, 11) is 0. The number of nitrogens with two attached hydrogens (primary N) is 3. The number of guanidine groups is 1. The summed E-state index contributed by atoms with van der Waals surface area (Å²) in [6.07, 6.45) is -1.42. The van der Waals surface area contributed by atoms with Crippen LogP contribution in [0.2, 0.25) is 0 Å². The molecule has 1 fully saturated rings. The molecule has 2 rings (SSSR count). The minimum absolute atomic E-state index is 0.0355. The zero-order valence-corrected chi connectivity index (χ0v) is 35.2. The van der Waals surface area contributed by atoms with Crippen molar-refractivity contribution in [3.63, 3.8) is 0 Å². The van der Waals surface area contributed by atoms with E-state index in [9.17, 15) is 68.1 Å². The first-order valence-corrected chi connectivity index (χ1v) is 20.0. The molecule has 0 unspecified atom stereocenters. The van der Waals surface area contributed by atoms with E-state index in [-0.39, 0.29) is 44.7 Å². The molecule has 1 aromatic rings. The van der Waals surface area contributed by atoms with Crippen molar-refractivity contribution in [2.45, 2.75) is 101 Å². The molecule has 7 atom stereocenters. The van der Waals surface area contributed by atoms with Crippen molar-refractivity contribution in [1.29, 1.82) is 0 Å². The Kier molecular flexibility index (Phi) is 21.6. The molecular weight excluding hydrogens is 848 g/mol. The number of carboxylic acid groups (broad SMARTS) is 3. The Balaban J connectivity index is 2.05. The standard InChI is InChI=1S/C38H56N12O14/c1-19(44-32(58)23(46-27(51)17-39)14-21-8-4-3-5-9-21)31(57)43-18-28(52)47-24(15-29(53)54)34(60)49-25(16-30(55)56)33(59)45-20(2)36(62)50-13-7-11-26(50)35(61)48-22(37(63)64)10-6-12-42-38(40)41/h3-5,8-9,19-20,22-26H,6-7,10-18,39H2,1-2H3,(H,43,57)(H,44,58)(H,45,59)(H,46,51)(H,47,52)(H,48,61)(H,49,60)(H,53,54)(H,55,56)(H,63,64)(H4,40,41,42)/t19-,20-,22-,23-,24-,25-,26-/m0/s1. The van der Waals surface area contributed by atoms with E-state index >= 15 is 0 Å². The summed E-state index contributed by atoms with van der Waals surface area (Å²) in [6.45, 7) is 1.39. The Hall–Kier alpha value is -7.38. The monoisotopic (exact) mass is 904 g/mol. The lowest BCUT2D eigenvalue weighted by Crippen LogP contribution is -2.59. The van der Waals surface area contributed by atoms with E-state index < -0.39 is 133 Å². The van der Waals surface area contributed by atoms with Crippen LogP contribution in [-0.2, 0) is 59.2 Å². The Morgan fingerprint density at radius 2 is 1.28 bits per heavy atom. The number of hydrogen-bond donors (Lipinski definition) is 13. The van der Waals surface area contributed by atoms with E-state index in [2.05, 4.69) is 42.2 Å². The number of benzene rings is 1. The van der Waals surface area contributed by atoms with Gasteiger partial charge in [0.1, 0.15) is 42.3 Å². The fourth-order valence-electron chi connectivity index (χ4n) is 6.25. The SMILES string of the molecule is C[C@H](NC(=O)[C@H](Cc1ccccc1)NC(=O)CN)C(=O)NCC(=O)N[C@@H](CC(=O)O)C(=O)N[C@@H](CC(=O)O)C(=O)N[C@@H](C)C(=O)N1CCC[C@H]1C(=O)N[C@@H](CCCN=C(N)N)C(=O)O. The molecule has 0 aliphatic carbocycles. The van der Waals surface area contributed by atoms with Gasteiger partial charge in [-0.05, 0) is 45.1 Å². The minimum atomic E-state index is -1.93. The molecule has 1 heterocycles. The molecule has 64 heavy (non-hydrogen) atoms. The van der Waals surface area contributed by atoms with Crippen LogP contribution in [0.1, 0.15) is 57.9 Å². The van der Waals surface area contributed by atoms with Gasteiger partial charge in [0, 0.05) is 19.5 Å². The summed E-state index contributed by atoms with van der Waals surface area (Å²) in [5, 5.41) is 44.4. The Morgan fingerprint density at radius 1 is 0.719 bits per heavy atom. The summed E-state index contributed by atoms with van der Waals surface area (Å²) in [4.78, 5) is 144. The van der Waals surface area contributed by atoms with Crippen molar-refractivity contribution in [1.82, 2.24) is 42.1 Å². The van der Waals surface area contributed by atoms with Gasteiger partial charge in [-0.15, -0.1) is 0 Å². The van der Waals surface area contributed by atoms with Crippen LogP contribution in [0.3, 0.4) is 0 Å². The van der Waals surface area contributed by atoms with Crippen molar-refractivity contribution in [3.05, 3.63) is 35.9 Å². The average Bonchev–Trinajstić information content (AvgIpc) is 3.73. The first kappa shape index (κ1) is 52.8. The highest BCUT2D eigenvalue weighted by Gasteiger charge is 2.39. The second kappa shape index (κ2) is 26.2. The normalized spacial score (nSPS) is 15.9. The summed E-state index contributed by atoms with van der Waals surface area (Å²) < 4.78 is 0. The van der Waals surface area contributed by atoms with Crippen molar-refractivity contribution >= 4 is 71.1 Å². The van der Waals surface area contributed by atoms with Crippen LogP contribution in [0.15, 0.2) is 35.3 Å². The number of carboxylic acids is 3. The molecule has 0 radical (unpaired) electrons. The van der Waals surface area contributed by atoms with Gasteiger partial charge in [0.05, 0.1) is 25.9 Å². The number of hydrogen-bond acceptors (Lipinski definition) is 13. The molecule has 0 bridgehead atoms.